The van der Waals surface area contributed by atoms with E-state index in [4.69, 9.17) is 17.7 Å². The maximum atomic E-state index is 6.94. The number of furan rings is 4. The molecular weight excluding hydrogens is 981 g/mol. The van der Waals surface area contributed by atoms with Crippen LogP contribution in [0.2, 0.25) is 0 Å². The van der Waals surface area contributed by atoms with Crippen molar-refractivity contribution in [2.24, 2.45) is 0 Å². The van der Waals surface area contributed by atoms with Crippen LogP contribution >= 0.6 is 0 Å². The van der Waals surface area contributed by atoms with Gasteiger partial charge in [0.1, 0.15) is 33.5 Å². The van der Waals surface area contributed by atoms with E-state index in [2.05, 4.69) is 259 Å². The molecule has 80 heavy (non-hydrogen) atoms. The number of rotatable bonds is 10. The third-order valence-electron chi connectivity index (χ3n) is 16.9. The molecule has 0 amide bonds. The van der Waals surface area contributed by atoms with E-state index in [1.54, 1.807) is 0 Å². The minimum Gasteiger partial charge on any atom is -0.456 e. The first-order valence-corrected chi connectivity index (χ1v) is 28.3. The fraction of sp³-hybridized carbons (Fsp3) is 0.162. The summed E-state index contributed by atoms with van der Waals surface area (Å²) < 4.78 is 27.5. The molecule has 0 atom stereocenters. The molecule has 0 aliphatic rings. The van der Waals surface area contributed by atoms with E-state index in [9.17, 15) is 0 Å². The summed E-state index contributed by atoms with van der Waals surface area (Å²) in [6.45, 7) is 17.9. The van der Waals surface area contributed by atoms with Crippen molar-refractivity contribution in [3.8, 4) is 0 Å². The molecule has 0 aliphatic carbocycles. The number of benzene rings is 11. The van der Waals surface area contributed by atoms with E-state index in [1.165, 1.54) is 22.3 Å². The highest BCUT2D eigenvalue weighted by Crippen LogP contribution is 2.48. The highest BCUT2D eigenvalue weighted by atomic mass is 16.3. The van der Waals surface area contributed by atoms with Crippen LogP contribution in [0.25, 0.3) is 109 Å². The minimum absolute atomic E-state index is 0.322. The van der Waals surface area contributed by atoms with Crippen LogP contribution in [0.1, 0.15) is 101 Å². The van der Waals surface area contributed by atoms with Gasteiger partial charge in [-0.2, -0.15) is 0 Å². The molecule has 0 spiro atoms. The molecule has 4 aromatic heterocycles. The van der Waals surface area contributed by atoms with Crippen LogP contribution < -0.4 is 9.80 Å². The lowest BCUT2D eigenvalue weighted by atomic mass is 9.99. The van der Waals surface area contributed by atoms with Crippen molar-refractivity contribution in [1.29, 1.82) is 0 Å². The average molecular weight is 1040 g/mol. The second kappa shape index (κ2) is 18.2. The Hall–Kier alpha value is -9.26. The zero-order valence-corrected chi connectivity index (χ0v) is 46.3. The predicted molar refractivity (Wildman–Crippen MR) is 336 cm³/mol. The fourth-order valence-corrected chi connectivity index (χ4v) is 12.7. The van der Waals surface area contributed by atoms with E-state index in [0.717, 1.165) is 143 Å². The molecule has 15 rings (SSSR count). The van der Waals surface area contributed by atoms with Gasteiger partial charge in [-0.25, -0.2) is 0 Å². The number of hydrogen-bond acceptors (Lipinski definition) is 6. The van der Waals surface area contributed by atoms with E-state index < -0.39 is 0 Å². The summed E-state index contributed by atoms with van der Waals surface area (Å²) in [6, 6.07) is 70.6. The molecule has 0 bridgehead atoms. The van der Waals surface area contributed by atoms with Crippen LogP contribution in [-0.2, 0) is 0 Å². The molecule has 0 fully saturated rings. The lowest BCUT2D eigenvalue weighted by Gasteiger charge is -2.26. The summed E-state index contributed by atoms with van der Waals surface area (Å²) >= 11 is 0. The van der Waals surface area contributed by atoms with Crippen molar-refractivity contribution in [1.82, 2.24) is 0 Å². The molecule has 0 radical (unpaired) electrons. The molecule has 11 aromatic carbocycles. The molecule has 6 nitrogen and oxygen atoms in total. The monoisotopic (exact) mass is 1040 g/mol. The number of para-hydroxylation sites is 4. The summed E-state index contributed by atoms with van der Waals surface area (Å²) in [5, 5.41) is 13.1. The van der Waals surface area contributed by atoms with Crippen molar-refractivity contribution >= 4 is 143 Å². The quantitative estimate of drug-likeness (QED) is 0.136. The van der Waals surface area contributed by atoms with Gasteiger partial charge in [0.05, 0.1) is 11.4 Å². The van der Waals surface area contributed by atoms with Crippen molar-refractivity contribution in [3.63, 3.8) is 0 Å². The van der Waals surface area contributed by atoms with Crippen molar-refractivity contribution < 1.29 is 17.7 Å². The summed E-state index contributed by atoms with van der Waals surface area (Å²) in [7, 11) is 0. The van der Waals surface area contributed by atoms with Crippen LogP contribution in [-0.4, -0.2) is 0 Å². The highest BCUT2D eigenvalue weighted by Gasteiger charge is 2.25. The first-order valence-electron chi connectivity index (χ1n) is 28.3. The second-order valence-corrected chi connectivity index (χ2v) is 23.2. The van der Waals surface area contributed by atoms with Gasteiger partial charge in [-0.1, -0.05) is 152 Å². The van der Waals surface area contributed by atoms with Gasteiger partial charge in [0, 0.05) is 65.8 Å². The maximum absolute atomic E-state index is 6.94. The SMILES string of the molecule is CC(C)c1ccc(N(c2ccc3cc4c(cc3c2)oc2ccc3oc5cc6cc(N(c7ccc(C(C)C)cc7)c7cccc8c7oc7c(C(C)C)cccc78)ccc6cc5c3c24)c2cccc3c2oc2c(C(C)C)cccc23)cc1. The van der Waals surface area contributed by atoms with Crippen LogP contribution in [0.15, 0.2) is 212 Å². The predicted octanol–water partition coefficient (Wildman–Crippen LogP) is 23.0. The first kappa shape index (κ1) is 47.9. The summed E-state index contributed by atoms with van der Waals surface area (Å²) in [4.78, 5) is 4.68. The van der Waals surface area contributed by atoms with Crippen molar-refractivity contribution in [3.05, 3.63) is 216 Å². The zero-order valence-electron chi connectivity index (χ0n) is 46.3. The van der Waals surface area contributed by atoms with Gasteiger partial charge in [-0.3, -0.25) is 0 Å². The number of anilines is 6. The van der Waals surface area contributed by atoms with Gasteiger partial charge in [0.25, 0.3) is 0 Å². The molecule has 0 N–H and O–H groups in total. The Morgan fingerprint density at radius 3 is 1.04 bits per heavy atom. The number of nitrogens with zero attached hydrogens (tertiary/aromatic N) is 2. The molecule has 4 heterocycles. The van der Waals surface area contributed by atoms with Gasteiger partial charge >= 0.3 is 0 Å². The molecular formula is C74H60N2O4. The Morgan fingerprint density at radius 1 is 0.275 bits per heavy atom. The van der Waals surface area contributed by atoms with Gasteiger partial charge in [-0.05, 0) is 165 Å². The molecule has 15 aromatic rings. The van der Waals surface area contributed by atoms with E-state index in [0.29, 0.717) is 23.7 Å². The minimum atomic E-state index is 0.322. The Balaban J connectivity index is 0.858. The zero-order chi connectivity index (χ0) is 54.2. The topological polar surface area (TPSA) is 59.0 Å². The van der Waals surface area contributed by atoms with E-state index >= 15 is 0 Å². The largest absolute Gasteiger partial charge is 0.456 e. The number of fused-ring (bicyclic) bond motifs is 15. The van der Waals surface area contributed by atoms with Crippen molar-refractivity contribution in [2.75, 3.05) is 9.80 Å². The number of hydrogen-bond donors (Lipinski definition) is 0. The molecule has 0 aliphatic heterocycles. The average Bonchev–Trinajstić information content (AvgIpc) is 4.35. The van der Waals surface area contributed by atoms with E-state index in [1.807, 2.05) is 0 Å². The third-order valence-corrected chi connectivity index (χ3v) is 16.9. The Morgan fingerprint density at radius 2 is 0.650 bits per heavy atom. The fourth-order valence-electron chi connectivity index (χ4n) is 12.7. The Labute approximate surface area is 464 Å². The maximum Gasteiger partial charge on any atom is 0.159 e. The molecule has 6 heteroatoms. The first-order chi connectivity index (χ1) is 38.9. The molecule has 0 saturated heterocycles. The Bertz CT molecular complexity index is 4650. The lowest BCUT2D eigenvalue weighted by molar-refractivity contribution is 0.657. The van der Waals surface area contributed by atoms with Gasteiger partial charge in [-0.15, -0.1) is 0 Å². The van der Waals surface area contributed by atoms with E-state index in [-0.39, 0.29) is 0 Å². The van der Waals surface area contributed by atoms with Gasteiger partial charge in [0.15, 0.2) is 11.2 Å². The second-order valence-electron chi connectivity index (χ2n) is 23.2. The summed E-state index contributed by atoms with van der Waals surface area (Å²) in [5.74, 6) is 1.47. The molecule has 390 valence electrons. The van der Waals surface area contributed by atoms with Crippen LogP contribution in [0, 0.1) is 0 Å². The van der Waals surface area contributed by atoms with Crippen molar-refractivity contribution in [2.45, 2.75) is 79.1 Å². The van der Waals surface area contributed by atoms with Crippen LogP contribution in [0.4, 0.5) is 34.1 Å². The normalized spacial score (nSPS) is 12.4. The Kier molecular flexibility index (Phi) is 10.9. The van der Waals surface area contributed by atoms with Gasteiger partial charge < -0.3 is 27.5 Å². The standard InChI is InChI=1S/C74H60N2O4/c1-41(2)45-21-27-51(28-22-45)75(63-19-11-17-59-57-15-9-13-55(43(5)6)71(57)79-73(59)63)53-31-25-47-37-61-67(39-49(47)35-53)77-65-33-34-66-70(69(61)65)62-38-48-26-32-54(36-50(48)40-68(62)78-66)76(52-29-23-46(24-30-52)42(3)4)64-20-12-18-60-58-16-10-14-56(44(7)8)72(58)80-74(60)64/h9-44H,1-8H3. The summed E-state index contributed by atoms with van der Waals surface area (Å²) in [5.41, 5.74) is 18.1. The molecule has 0 unspecified atom stereocenters. The van der Waals surface area contributed by atoms with Gasteiger partial charge in [0.2, 0.25) is 0 Å². The lowest BCUT2D eigenvalue weighted by Crippen LogP contribution is -2.10. The molecule has 0 saturated carbocycles. The van der Waals surface area contributed by atoms with Crippen LogP contribution in [0.3, 0.4) is 0 Å². The smallest absolute Gasteiger partial charge is 0.159 e. The highest BCUT2D eigenvalue weighted by molar-refractivity contribution is 6.28. The van der Waals surface area contributed by atoms with Crippen LogP contribution in [0.5, 0.6) is 0 Å². The summed E-state index contributed by atoms with van der Waals surface area (Å²) in [6.07, 6.45) is 0. The third kappa shape index (κ3) is 7.45.